The van der Waals surface area contributed by atoms with Crippen LogP contribution in [0.5, 0.6) is 5.75 Å². The molecule has 7 heteroatoms. The number of methoxy groups -OCH3 is 1. The summed E-state index contributed by atoms with van der Waals surface area (Å²) in [5, 5.41) is 9.62. The molecule has 0 atom stereocenters. The van der Waals surface area contributed by atoms with Gasteiger partial charge in [0.15, 0.2) is 6.61 Å². The van der Waals surface area contributed by atoms with Crippen molar-refractivity contribution in [3.63, 3.8) is 0 Å². The predicted molar refractivity (Wildman–Crippen MR) is 112 cm³/mol. The molecule has 0 aliphatic heterocycles. The highest BCUT2D eigenvalue weighted by Crippen LogP contribution is 2.26. The molecule has 0 radical (unpaired) electrons. The summed E-state index contributed by atoms with van der Waals surface area (Å²) in [5.41, 5.74) is 7.63. The van der Waals surface area contributed by atoms with E-state index in [0.717, 1.165) is 5.56 Å². The van der Waals surface area contributed by atoms with Gasteiger partial charge in [0.1, 0.15) is 17.4 Å². The fourth-order valence-corrected chi connectivity index (χ4v) is 2.91. The van der Waals surface area contributed by atoms with E-state index in [1.54, 1.807) is 49.6 Å². The molecule has 0 bridgehead atoms. The SMILES string of the molecule is COc1ccc(-c2cc(C(=O)OCC(=O)C(C#N)=C(C)N)c3ccccc3n2)cc1. The van der Waals surface area contributed by atoms with E-state index >= 15 is 0 Å². The van der Waals surface area contributed by atoms with E-state index < -0.39 is 18.4 Å². The van der Waals surface area contributed by atoms with Crippen molar-refractivity contribution < 1.29 is 19.1 Å². The van der Waals surface area contributed by atoms with Crippen molar-refractivity contribution in [3.8, 4) is 23.1 Å². The number of rotatable bonds is 6. The molecule has 0 fully saturated rings. The molecule has 1 aromatic heterocycles. The molecule has 0 saturated carbocycles. The lowest BCUT2D eigenvalue weighted by molar-refractivity contribution is -0.118. The van der Waals surface area contributed by atoms with Crippen LogP contribution in [0.2, 0.25) is 0 Å². The Balaban J connectivity index is 1.96. The first kappa shape index (κ1) is 20.6. The largest absolute Gasteiger partial charge is 0.497 e. The second-order valence-electron chi connectivity index (χ2n) is 6.47. The van der Waals surface area contributed by atoms with Crippen LogP contribution in [0.15, 0.2) is 65.9 Å². The van der Waals surface area contributed by atoms with Crippen LogP contribution in [0.25, 0.3) is 22.2 Å². The average Bonchev–Trinajstić information content (AvgIpc) is 2.77. The van der Waals surface area contributed by atoms with E-state index in [4.69, 9.17) is 20.5 Å². The summed E-state index contributed by atoms with van der Waals surface area (Å²) in [6.45, 7) is 0.862. The first-order chi connectivity index (χ1) is 14.4. The molecule has 2 N–H and O–H groups in total. The van der Waals surface area contributed by atoms with Gasteiger partial charge in [-0.3, -0.25) is 4.79 Å². The number of carbonyl (C=O) groups is 2. The van der Waals surface area contributed by atoms with Gasteiger partial charge < -0.3 is 15.2 Å². The van der Waals surface area contributed by atoms with Crippen molar-refractivity contribution in [2.24, 2.45) is 5.73 Å². The number of hydrogen-bond donors (Lipinski definition) is 1. The maximum absolute atomic E-state index is 12.8. The van der Waals surface area contributed by atoms with E-state index in [-0.39, 0.29) is 16.8 Å². The van der Waals surface area contributed by atoms with Gasteiger partial charge in [0.2, 0.25) is 5.78 Å². The summed E-state index contributed by atoms with van der Waals surface area (Å²) in [6.07, 6.45) is 0. The lowest BCUT2D eigenvalue weighted by atomic mass is 10.0. The number of allylic oxidation sites excluding steroid dienone is 1. The number of nitrogens with two attached hydrogens (primary N) is 1. The molecule has 30 heavy (non-hydrogen) atoms. The smallest absolute Gasteiger partial charge is 0.339 e. The molecule has 0 amide bonds. The van der Waals surface area contributed by atoms with Gasteiger partial charge in [-0.25, -0.2) is 9.78 Å². The minimum Gasteiger partial charge on any atom is -0.497 e. The highest BCUT2D eigenvalue weighted by molar-refractivity contribution is 6.06. The number of Topliss-reactive ketones (excluding diaryl/α,β-unsaturated/α-hetero) is 1. The standard InChI is InChI=1S/C23H19N3O4/c1-14(25)19(12-24)22(27)13-30-23(28)18-11-21(15-7-9-16(29-2)10-8-15)26-20-6-4-3-5-17(18)20/h3-11H,13,25H2,1-2H3. The molecule has 0 aliphatic carbocycles. The summed E-state index contributed by atoms with van der Waals surface area (Å²) in [6, 6.07) is 17.8. The van der Waals surface area contributed by atoms with Crippen molar-refractivity contribution in [3.05, 3.63) is 71.4 Å². The molecule has 3 aromatic rings. The zero-order chi connectivity index (χ0) is 21.7. The van der Waals surface area contributed by atoms with Crippen LogP contribution in [0.3, 0.4) is 0 Å². The van der Waals surface area contributed by atoms with Crippen LogP contribution in [-0.4, -0.2) is 30.5 Å². The van der Waals surface area contributed by atoms with Gasteiger partial charge in [0, 0.05) is 16.6 Å². The Morgan fingerprint density at radius 2 is 1.83 bits per heavy atom. The predicted octanol–water partition coefficient (Wildman–Crippen LogP) is 3.39. The number of hydrogen-bond acceptors (Lipinski definition) is 7. The number of nitriles is 1. The number of ketones is 1. The van der Waals surface area contributed by atoms with Crippen LogP contribution < -0.4 is 10.5 Å². The molecule has 7 nitrogen and oxygen atoms in total. The fourth-order valence-electron chi connectivity index (χ4n) is 2.91. The number of carbonyl (C=O) groups excluding carboxylic acids is 2. The first-order valence-electron chi connectivity index (χ1n) is 9.05. The van der Waals surface area contributed by atoms with Crippen molar-refractivity contribution in [1.82, 2.24) is 4.98 Å². The second kappa shape index (κ2) is 8.88. The average molecular weight is 401 g/mol. The number of fused-ring (bicyclic) bond motifs is 1. The van der Waals surface area contributed by atoms with Crippen LogP contribution in [-0.2, 0) is 9.53 Å². The van der Waals surface area contributed by atoms with Crippen molar-refractivity contribution >= 4 is 22.7 Å². The van der Waals surface area contributed by atoms with Crippen LogP contribution in [0.4, 0.5) is 0 Å². The zero-order valence-electron chi connectivity index (χ0n) is 16.5. The monoisotopic (exact) mass is 401 g/mol. The number of pyridine rings is 1. The third-order valence-electron chi connectivity index (χ3n) is 4.44. The van der Waals surface area contributed by atoms with Crippen molar-refractivity contribution in [1.29, 1.82) is 5.26 Å². The molecular weight excluding hydrogens is 382 g/mol. The van der Waals surface area contributed by atoms with Gasteiger partial charge in [-0.2, -0.15) is 5.26 Å². The van der Waals surface area contributed by atoms with E-state index in [2.05, 4.69) is 4.98 Å². The number of benzene rings is 2. The molecular formula is C23H19N3O4. The van der Waals surface area contributed by atoms with Gasteiger partial charge in [-0.15, -0.1) is 0 Å². The van der Waals surface area contributed by atoms with Gasteiger partial charge in [-0.1, -0.05) is 18.2 Å². The zero-order valence-corrected chi connectivity index (χ0v) is 16.5. The van der Waals surface area contributed by atoms with Crippen molar-refractivity contribution in [2.75, 3.05) is 13.7 Å². The van der Waals surface area contributed by atoms with Crippen LogP contribution in [0, 0.1) is 11.3 Å². The van der Waals surface area contributed by atoms with Crippen LogP contribution >= 0.6 is 0 Å². The van der Waals surface area contributed by atoms with Gasteiger partial charge in [0.25, 0.3) is 0 Å². The van der Waals surface area contributed by atoms with Gasteiger partial charge in [0.05, 0.1) is 23.9 Å². The highest BCUT2D eigenvalue weighted by atomic mass is 16.5. The lowest BCUT2D eigenvalue weighted by Gasteiger charge is -2.10. The number of para-hydroxylation sites is 1. The number of aromatic nitrogens is 1. The fraction of sp³-hybridized carbons (Fsp3) is 0.130. The molecule has 0 unspecified atom stereocenters. The summed E-state index contributed by atoms with van der Waals surface area (Å²) in [5.74, 6) is -0.641. The quantitative estimate of drug-likeness (QED) is 0.382. The minimum absolute atomic E-state index is 0.0784. The van der Waals surface area contributed by atoms with E-state index in [1.165, 1.54) is 6.92 Å². The third kappa shape index (κ3) is 4.28. The summed E-state index contributed by atoms with van der Waals surface area (Å²) < 4.78 is 10.4. The maximum atomic E-state index is 12.8. The molecule has 0 saturated heterocycles. The molecule has 150 valence electrons. The number of nitrogens with zero attached hydrogens (tertiary/aromatic N) is 2. The normalized spacial score (nSPS) is 11.4. The Kier molecular flexibility index (Phi) is 6.08. The van der Waals surface area contributed by atoms with E-state index in [0.29, 0.717) is 22.3 Å². The molecule has 2 aromatic carbocycles. The summed E-state index contributed by atoms with van der Waals surface area (Å²) in [4.78, 5) is 29.5. The van der Waals surface area contributed by atoms with Gasteiger partial charge in [-0.05, 0) is 43.3 Å². The Morgan fingerprint density at radius 3 is 2.47 bits per heavy atom. The number of esters is 1. The third-order valence-corrected chi connectivity index (χ3v) is 4.44. The van der Waals surface area contributed by atoms with E-state index in [9.17, 15) is 9.59 Å². The summed E-state index contributed by atoms with van der Waals surface area (Å²) in [7, 11) is 1.58. The summed E-state index contributed by atoms with van der Waals surface area (Å²) >= 11 is 0. The molecule has 0 spiro atoms. The Labute approximate surface area is 173 Å². The molecule has 3 rings (SSSR count). The van der Waals surface area contributed by atoms with E-state index in [1.807, 2.05) is 18.2 Å². The Hall–Kier alpha value is -4.18. The Bertz CT molecular complexity index is 1190. The van der Waals surface area contributed by atoms with Gasteiger partial charge >= 0.3 is 5.97 Å². The highest BCUT2D eigenvalue weighted by Gasteiger charge is 2.18. The number of ether oxygens (including phenoxy) is 2. The second-order valence-corrected chi connectivity index (χ2v) is 6.47. The first-order valence-corrected chi connectivity index (χ1v) is 9.05. The van der Waals surface area contributed by atoms with Crippen molar-refractivity contribution in [2.45, 2.75) is 6.92 Å². The Morgan fingerprint density at radius 1 is 1.13 bits per heavy atom. The maximum Gasteiger partial charge on any atom is 0.339 e. The molecule has 1 heterocycles. The lowest BCUT2D eigenvalue weighted by Crippen LogP contribution is -2.18. The minimum atomic E-state index is -0.691. The molecule has 0 aliphatic rings. The van der Waals surface area contributed by atoms with Crippen LogP contribution in [0.1, 0.15) is 17.3 Å². The topological polar surface area (TPSA) is 115 Å².